The SMILES string of the molecule is CCCC(C#N)NC(=O)C(F)(F)F. The largest absolute Gasteiger partial charge is 0.471 e. The standard InChI is InChI=1S/C7H9F3N2O/c1-2-3-5(4-11)12-6(13)7(8,9)10/h5H,2-3H2,1H3,(H,12,13). The molecule has 0 aliphatic rings. The molecule has 0 saturated carbocycles. The fourth-order valence-electron chi connectivity index (χ4n) is 0.698. The Balaban J connectivity index is 4.12. The van der Waals surface area contributed by atoms with Gasteiger partial charge in [0.05, 0.1) is 6.07 Å². The van der Waals surface area contributed by atoms with Crippen LogP contribution in [0.2, 0.25) is 0 Å². The highest BCUT2D eigenvalue weighted by molar-refractivity contribution is 5.82. The van der Waals surface area contributed by atoms with Gasteiger partial charge >= 0.3 is 12.1 Å². The van der Waals surface area contributed by atoms with Gasteiger partial charge in [0.15, 0.2) is 0 Å². The average molecular weight is 194 g/mol. The predicted molar refractivity (Wildman–Crippen MR) is 38.5 cm³/mol. The van der Waals surface area contributed by atoms with Crippen LogP contribution in [0, 0.1) is 11.3 Å². The van der Waals surface area contributed by atoms with E-state index >= 15 is 0 Å². The van der Waals surface area contributed by atoms with Gasteiger partial charge in [0.2, 0.25) is 0 Å². The average Bonchev–Trinajstić information content (AvgIpc) is 2.01. The minimum Gasteiger partial charge on any atom is -0.333 e. The van der Waals surface area contributed by atoms with E-state index in [0.717, 1.165) is 0 Å². The lowest BCUT2D eigenvalue weighted by Gasteiger charge is -2.11. The molecule has 0 rings (SSSR count). The Morgan fingerprint density at radius 1 is 1.62 bits per heavy atom. The molecule has 0 spiro atoms. The molecule has 3 nitrogen and oxygen atoms in total. The first-order valence-electron chi connectivity index (χ1n) is 3.69. The number of hydrogen-bond acceptors (Lipinski definition) is 2. The molecule has 0 aliphatic carbocycles. The molecule has 0 aromatic carbocycles. The van der Waals surface area contributed by atoms with Crippen molar-refractivity contribution in [3.63, 3.8) is 0 Å². The number of nitrogens with zero attached hydrogens (tertiary/aromatic N) is 1. The third-order valence-electron chi connectivity index (χ3n) is 1.30. The van der Waals surface area contributed by atoms with Crippen LogP contribution in [0.25, 0.3) is 0 Å². The summed E-state index contributed by atoms with van der Waals surface area (Å²) in [4.78, 5) is 10.3. The maximum atomic E-state index is 11.7. The Labute approximate surface area is 73.5 Å². The quantitative estimate of drug-likeness (QED) is 0.737. The Morgan fingerprint density at radius 3 is 2.46 bits per heavy atom. The molecular weight excluding hydrogens is 185 g/mol. The molecule has 0 saturated heterocycles. The summed E-state index contributed by atoms with van der Waals surface area (Å²) in [5.74, 6) is -2.06. The summed E-state index contributed by atoms with van der Waals surface area (Å²) in [7, 11) is 0. The zero-order valence-electron chi connectivity index (χ0n) is 6.98. The molecule has 0 bridgehead atoms. The van der Waals surface area contributed by atoms with Crippen molar-refractivity contribution >= 4 is 5.91 Å². The maximum Gasteiger partial charge on any atom is 0.471 e. The lowest BCUT2D eigenvalue weighted by atomic mass is 10.2. The van der Waals surface area contributed by atoms with Gasteiger partial charge in [-0.3, -0.25) is 4.79 Å². The van der Waals surface area contributed by atoms with Gasteiger partial charge in [-0.1, -0.05) is 13.3 Å². The van der Waals surface area contributed by atoms with Crippen molar-refractivity contribution < 1.29 is 18.0 Å². The Kier molecular flexibility index (Phi) is 4.25. The van der Waals surface area contributed by atoms with Crippen molar-refractivity contribution in [1.82, 2.24) is 5.32 Å². The summed E-state index contributed by atoms with van der Waals surface area (Å²) in [5.41, 5.74) is 0. The number of alkyl halides is 3. The number of carbonyl (C=O) groups excluding carboxylic acids is 1. The second-order valence-electron chi connectivity index (χ2n) is 2.44. The van der Waals surface area contributed by atoms with Gasteiger partial charge in [-0.15, -0.1) is 0 Å². The van der Waals surface area contributed by atoms with E-state index in [1.54, 1.807) is 18.3 Å². The lowest BCUT2D eigenvalue weighted by molar-refractivity contribution is -0.174. The van der Waals surface area contributed by atoms with Gasteiger partial charge in [-0.2, -0.15) is 18.4 Å². The molecular formula is C7H9F3N2O. The number of halogens is 3. The van der Waals surface area contributed by atoms with E-state index in [1.807, 2.05) is 0 Å². The lowest BCUT2D eigenvalue weighted by Crippen LogP contribution is -2.42. The molecule has 13 heavy (non-hydrogen) atoms. The van der Waals surface area contributed by atoms with Gasteiger partial charge in [-0.05, 0) is 6.42 Å². The van der Waals surface area contributed by atoms with Gasteiger partial charge in [0.25, 0.3) is 0 Å². The minimum atomic E-state index is -4.91. The molecule has 0 radical (unpaired) electrons. The molecule has 0 aliphatic heterocycles. The molecule has 1 atom stereocenters. The maximum absolute atomic E-state index is 11.7. The number of hydrogen-bond donors (Lipinski definition) is 1. The summed E-state index contributed by atoms with van der Waals surface area (Å²) < 4.78 is 35.0. The minimum absolute atomic E-state index is 0.221. The van der Waals surface area contributed by atoms with Crippen molar-refractivity contribution in [2.24, 2.45) is 0 Å². The summed E-state index contributed by atoms with van der Waals surface area (Å²) in [6.45, 7) is 1.71. The Morgan fingerprint density at radius 2 is 2.15 bits per heavy atom. The molecule has 1 amide bonds. The third kappa shape index (κ3) is 4.35. The van der Waals surface area contributed by atoms with Gasteiger partial charge in [0.1, 0.15) is 6.04 Å². The van der Waals surface area contributed by atoms with Crippen molar-refractivity contribution in [3.8, 4) is 6.07 Å². The van der Waals surface area contributed by atoms with E-state index in [-0.39, 0.29) is 6.42 Å². The van der Waals surface area contributed by atoms with E-state index in [9.17, 15) is 18.0 Å². The van der Waals surface area contributed by atoms with Crippen molar-refractivity contribution in [2.75, 3.05) is 0 Å². The molecule has 1 unspecified atom stereocenters. The monoisotopic (exact) mass is 194 g/mol. The molecule has 1 N–H and O–H groups in total. The van der Waals surface area contributed by atoms with E-state index < -0.39 is 18.1 Å². The summed E-state index contributed by atoms with van der Waals surface area (Å²) in [5, 5.41) is 9.92. The molecule has 0 aromatic heterocycles. The number of carbonyl (C=O) groups is 1. The topological polar surface area (TPSA) is 52.9 Å². The van der Waals surface area contributed by atoms with Crippen molar-refractivity contribution in [1.29, 1.82) is 5.26 Å². The van der Waals surface area contributed by atoms with Gasteiger partial charge in [-0.25, -0.2) is 0 Å². The zero-order chi connectivity index (χ0) is 10.5. The highest BCUT2D eigenvalue weighted by atomic mass is 19.4. The second-order valence-corrected chi connectivity index (χ2v) is 2.44. The highest BCUT2D eigenvalue weighted by Crippen LogP contribution is 2.14. The second kappa shape index (κ2) is 4.70. The van der Waals surface area contributed by atoms with Gasteiger partial charge in [0, 0.05) is 0 Å². The summed E-state index contributed by atoms with van der Waals surface area (Å²) in [6.07, 6.45) is -4.16. The van der Waals surface area contributed by atoms with E-state index in [4.69, 9.17) is 5.26 Å². The van der Waals surface area contributed by atoms with Crippen molar-refractivity contribution in [3.05, 3.63) is 0 Å². The highest BCUT2D eigenvalue weighted by Gasteiger charge is 2.39. The van der Waals surface area contributed by atoms with Crippen LogP contribution >= 0.6 is 0 Å². The predicted octanol–water partition coefficient (Wildman–Crippen LogP) is 1.36. The van der Waals surface area contributed by atoms with Crippen LogP contribution in [-0.4, -0.2) is 18.1 Å². The summed E-state index contributed by atoms with van der Waals surface area (Å²) >= 11 is 0. The Hall–Kier alpha value is -1.25. The van der Waals surface area contributed by atoms with Crippen LogP contribution in [0.15, 0.2) is 0 Å². The third-order valence-corrected chi connectivity index (χ3v) is 1.30. The molecule has 0 heterocycles. The normalized spacial score (nSPS) is 13.2. The first kappa shape index (κ1) is 11.8. The number of nitrogens with one attached hydrogen (secondary N) is 1. The fraction of sp³-hybridized carbons (Fsp3) is 0.714. The van der Waals surface area contributed by atoms with Crippen molar-refractivity contribution in [2.45, 2.75) is 32.0 Å². The smallest absolute Gasteiger partial charge is 0.333 e. The molecule has 0 fully saturated rings. The van der Waals surface area contributed by atoms with E-state index in [1.165, 1.54) is 0 Å². The van der Waals surface area contributed by atoms with Crippen LogP contribution in [0.3, 0.4) is 0 Å². The van der Waals surface area contributed by atoms with Gasteiger partial charge < -0.3 is 5.32 Å². The summed E-state index contributed by atoms with van der Waals surface area (Å²) in [6, 6.07) is 0.518. The van der Waals surface area contributed by atoms with Crippen LogP contribution in [-0.2, 0) is 4.79 Å². The zero-order valence-corrected chi connectivity index (χ0v) is 6.98. The van der Waals surface area contributed by atoms with Crippen LogP contribution in [0.5, 0.6) is 0 Å². The number of rotatable bonds is 3. The number of amides is 1. The molecule has 74 valence electrons. The van der Waals surface area contributed by atoms with Crippen LogP contribution in [0.4, 0.5) is 13.2 Å². The first-order chi connectivity index (χ1) is 5.91. The molecule has 0 aromatic rings. The van der Waals surface area contributed by atoms with E-state index in [2.05, 4.69) is 0 Å². The van der Waals surface area contributed by atoms with E-state index in [0.29, 0.717) is 6.42 Å². The fourth-order valence-corrected chi connectivity index (χ4v) is 0.698. The molecule has 6 heteroatoms. The first-order valence-corrected chi connectivity index (χ1v) is 3.69. The Bertz CT molecular complexity index is 219. The van der Waals surface area contributed by atoms with Crippen LogP contribution < -0.4 is 5.32 Å². The number of nitriles is 1. The van der Waals surface area contributed by atoms with Crippen LogP contribution in [0.1, 0.15) is 19.8 Å².